The number of nitrogens with one attached hydrogen (secondary N) is 1. The van der Waals surface area contributed by atoms with E-state index in [1.807, 2.05) is 36.4 Å². The van der Waals surface area contributed by atoms with Gasteiger partial charge in [-0.25, -0.2) is 4.98 Å². The molecule has 3 rings (SSSR count). The molecule has 0 saturated heterocycles. The molecule has 6 nitrogen and oxygen atoms in total. The van der Waals surface area contributed by atoms with Crippen LogP contribution < -0.4 is 5.32 Å². The molecule has 128 valence electrons. The van der Waals surface area contributed by atoms with Crippen molar-refractivity contribution in [2.75, 3.05) is 11.1 Å². The van der Waals surface area contributed by atoms with E-state index in [0.29, 0.717) is 17.5 Å². The Morgan fingerprint density at radius 3 is 2.76 bits per heavy atom. The largest absolute Gasteiger partial charge is 0.334 e. The van der Waals surface area contributed by atoms with Gasteiger partial charge in [0, 0.05) is 11.9 Å². The summed E-state index contributed by atoms with van der Waals surface area (Å²) >= 11 is 1.38. The van der Waals surface area contributed by atoms with Gasteiger partial charge in [0.15, 0.2) is 5.82 Å². The molecule has 25 heavy (non-hydrogen) atoms. The van der Waals surface area contributed by atoms with Gasteiger partial charge in [0.1, 0.15) is 0 Å². The average molecular weight is 354 g/mol. The second-order valence-electron chi connectivity index (χ2n) is 5.38. The monoisotopic (exact) mass is 354 g/mol. The number of carbonyl (C=O) groups excluding carboxylic acids is 1. The highest BCUT2D eigenvalue weighted by Gasteiger charge is 2.09. The van der Waals surface area contributed by atoms with E-state index in [0.717, 1.165) is 28.3 Å². The molecule has 3 aromatic rings. The van der Waals surface area contributed by atoms with Gasteiger partial charge in [-0.15, -0.1) is 0 Å². The molecule has 0 bridgehead atoms. The standard InChI is InChI=1S/C18H18N4O2S/c1-3-13-6-4-5-7-15(13)21-16(23)11-25-17-9-8-14(10-19-17)18-20-12(2)22-24-18/h4-10H,3,11H2,1-2H3,(H,21,23). The highest BCUT2D eigenvalue weighted by molar-refractivity contribution is 7.99. The number of amides is 1. The van der Waals surface area contributed by atoms with Crippen molar-refractivity contribution in [3.05, 3.63) is 54.0 Å². The summed E-state index contributed by atoms with van der Waals surface area (Å²) in [6.07, 6.45) is 2.54. The van der Waals surface area contributed by atoms with Crippen LogP contribution in [-0.4, -0.2) is 26.8 Å². The minimum Gasteiger partial charge on any atom is -0.334 e. The lowest BCUT2D eigenvalue weighted by Crippen LogP contribution is -2.15. The zero-order chi connectivity index (χ0) is 17.6. The van der Waals surface area contributed by atoms with Crippen molar-refractivity contribution in [1.29, 1.82) is 0 Å². The maximum absolute atomic E-state index is 12.2. The Morgan fingerprint density at radius 2 is 2.08 bits per heavy atom. The van der Waals surface area contributed by atoms with Gasteiger partial charge >= 0.3 is 0 Å². The number of hydrogen-bond acceptors (Lipinski definition) is 6. The maximum atomic E-state index is 12.2. The molecule has 1 N–H and O–H groups in total. The number of aromatic nitrogens is 3. The molecule has 0 aliphatic rings. The molecular formula is C18H18N4O2S. The van der Waals surface area contributed by atoms with Gasteiger partial charge in [0.05, 0.1) is 16.3 Å². The number of hydrogen-bond donors (Lipinski definition) is 1. The Bertz CT molecular complexity index is 862. The molecule has 0 fully saturated rings. The summed E-state index contributed by atoms with van der Waals surface area (Å²) < 4.78 is 5.10. The number of benzene rings is 1. The number of thioether (sulfide) groups is 1. The molecule has 1 aromatic carbocycles. The second-order valence-corrected chi connectivity index (χ2v) is 6.38. The fourth-order valence-electron chi connectivity index (χ4n) is 2.28. The minimum absolute atomic E-state index is 0.0516. The smallest absolute Gasteiger partial charge is 0.259 e. The van der Waals surface area contributed by atoms with Crippen LogP contribution in [0.25, 0.3) is 11.5 Å². The van der Waals surface area contributed by atoms with Crippen LogP contribution in [0.15, 0.2) is 52.1 Å². The van der Waals surface area contributed by atoms with E-state index in [4.69, 9.17) is 4.52 Å². The first-order chi connectivity index (χ1) is 12.2. The predicted octanol–water partition coefficient (Wildman–Crippen LogP) is 3.73. The van der Waals surface area contributed by atoms with Gasteiger partial charge in [-0.2, -0.15) is 4.98 Å². The van der Waals surface area contributed by atoms with Crippen LogP contribution in [0.2, 0.25) is 0 Å². The first-order valence-corrected chi connectivity index (χ1v) is 8.91. The summed E-state index contributed by atoms with van der Waals surface area (Å²) in [4.78, 5) is 20.6. The van der Waals surface area contributed by atoms with Crippen molar-refractivity contribution in [3.8, 4) is 11.5 Å². The van der Waals surface area contributed by atoms with E-state index < -0.39 is 0 Å². The van der Waals surface area contributed by atoms with Crippen molar-refractivity contribution < 1.29 is 9.32 Å². The molecule has 0 unspecified atom stereocenters. The minimum atomic E-state index is -0.0516. The number of aryl methyl sites for hydroxylation is 2. The third-order valence-electron chi connectivity index (χ3n) is 3.53. The number of nitrogens with zero attached hydrogens (tertiary/aromatic N) is 3. The highest BCUT2D eigenvalue weighted by Crippen LogP contribution is 2.21. The van der Waals surface area contributed by atoms with Crippen LogP contribution in [0.5, 0.6) is 0 Å². The molecule has 0 saturated carbocycles. The Morgan fingerprint density at radius 1 is 1.24 bits per heavy atom. The lowest BCUT2D eigenvalue weighted by molar-refractivity contribution is -0.113. The third kappa shape index (κ3) is 4.45. The molecule has 0 spiro atoms. The third-order valence-corrected chi connectivity index (χ3v) is 4.48. The van der Waals surface area contributed by atoms with Gasteiger partial charge in [-0.3, -0.25) is 4.79 Å². The van der Waals surface area contributed by atoms with Crippen LogP contribution in [0, 0.1) is 6.92 Å². The fourth-order valence-corrected chi connectivity index (χ4v) is 2.93. The molecule has 0 aliphatic heterocycles. The van der Waals surface area contributed by atoms with Gasteiger partial charge < -0.3 is 9.84 Å². The summed E-state index contributed by atoms with van der Waals surface area (Å²) in [6.45, 7) is 3.83. The van der Waals surface area contributed by atoms with Gasteiger partial charge in [-0.1, -0.05) is 42.0 Å². The second kappa shape index (κ2) is 7.94. The van der Waals surface area contributed by atoms with E-state index in [1.165, 1.54) is 11.8 Å². The SMILES string of the molecule is CCc1ccccc1NC(=O)CSc1ccc(-c2nc(C)no2)cn1. The lowest BCUT2D eigenvalue weighted by Gasteiger charge is -2.09. The van der Waals surface area contributed by atoms with Crippen LogP contribution in [-0.2, 0) is 11.2 Å². The number of pyridine rings is 1. The van der Waals surface area contributed by atoms with Gasteiger partial charge in [0.25, 0.3) is 5.89 Å². The van der Waals surface area contributed by atoms with E-state index in [-0.39, 0.29) is 5.91 Å². The Labute approximate surface area is 150 Å². The Balaban J connectivity index is 1.57. The normalized spacial score (nSPS) is 10.6. The number of rotatable bonds is 6. The molecular weight excluding hydrogens is 336 g/mol. The van der Waals surface area contributed by atoms with E-state index in [9.17, 15) is 4.79 Å². The van der Waals surface area contributed by atoms with Crippen molar-refractivity contribution in [3.63, 3.8) is 0 Å². The molecule has 0 aliphatic carbocycles. The zero-order valence-corrected chi connectivity index (χ0v) is 14.8. The van der Waals surface area contributed by atoms with Crippen molar-refractivity contribution in [1.82, 2.24) is 15.1 Å². The molecule has 0 radical (unpaired) electrons. The topological polar surface area (TPSA) is 80.9 Å². The first kappa shape index (κ1) is 17.2. The van der Waals surface area contributed by atoms with E-state index in [1.54, 1.807) is 13.1 Å². The summed E-state index contributed by atoms with van der Waals surface area (Å²) in [6, 6.07) is 11.5. The fraction of sp³-hybridized carbons (Fsp3) is 0.222. The van der Waals surface area contributed by atoms with Crippen LogP contribution in [0.3, 0.4) is 0 Å². The highest BCUT2D eigenvalue weighted by atomic mass is 32.2. The summed E-state index contributed by atoms with van der Waals surface area (Å²) in [7, 11) is 0. The van der Waals surface area contributed by atoms with Crippen LogP contribution in [0.1, 0.15) is 18.3 Å². The van der Waals surface area contributed by atoms with Gasteiger partial charge in [-0.05, 0) is 37.1 Å². The van der Waals surface area contributed by atoms with Crippen molar-refractivity contribution in [2.24, 2.45) is 0 Å². The van der Waals surface area contributed by atoms with Crippen molar-refractivity contribution in [2.45, 2.75) is 25.3 Å². The number of carbonyl (C=O) groups is 1. The maximum Gasteiger partial charge on any atom is 0.259 e. The van der Waals surface area contributed by atoms with Crippen molar-refractivity contribution >= 4 is 23.4 Å². The zero-order valence-electron chi connectivity index (χ0n) is 14.0. The summed E-state index contributed by atoms with van der Waals surface area (Å²) in [5.41, 5.74) is 2.75. The Kier molecular flexibility index (Phi) is 5.45. The first-order valence-electron chi connectivity index (χ1n) is 7.93. The predicted molar refractivity (Wildman–Crippen MR) is 97.4 cm³/mol. The molecule has 7 heteroatoms. The average Bonchev–Trinajstić information content (AvgIpc) is 3.07. The quantitative estimate of drug-likeness (QED) is 0.679. The van der Waals surface area contributed by atoms with Crippen LogP contribution in [0.4, 0.5) is 5.69 Å². The van der Waals surface area contributed by atoms with E-state index >= 15 is 0 Å². The van der Waals surface area contributed by atoms with Crippen LogP contribution >= 0.6 is 11.8 Å². The molecule has 0 atom stereocenters. The number of anilines is 1. The molecule has 2 aromatic heterocycles. The summed E-state index contributed by atoms with van der Waals surface area (Å²) in [5.74, 6) is 1.27. The molecule has 2 heterocycles. The van der Waals surface area contributed by atoms with Gasteiger partial charge in [0.2, 0.25) is 5.91 Å². The lowest BCUT2D eigenvalue weighted by atomic mass is 10.1. The Hall–Kier alpha value is -2.67. The van der Waals surface area contributed by atoms with E-state index in [2.05, 4.69) is 27.4 Å². The number of para-hydroxylation sites is 1. The molecule has 1 amide bonds. The summed E-state index contributed by atoms with van der Waals surface area (Å²) in [5, 5.41) is 7.47.